The average Bonchev–Trinajstić information content (AvgIpc) is 3.09. The summed E-state index contributed by atoms with van der Waals surface area (Å²) in [7, 11) is 0. The molecule has 1 aromatic heterocycles. The van der Waals surface area contributed by atoms with Crippen LogP contribution in [0.25, 0.3) is 11.4 Å². The topological polar surface area (TPSA) is 72.9 Å². The molecule has 0 unspecified atom stereocenters. The zero-order valence-electron chi connectivity index (χ0n) is 12.5. The molecule has 7 heteroatoms. The number of benzene rings is 2. The number of hydrogen-bond acceptors (Lipinski definition) is 5. The number of aromatic nitrogens is 4. The Morgan fingerprint density at radius 1 is 1.13 bits per heavy atom. The second kappa shape index (κ2) is 7.23. The van der Waals surface area contributed by atoms with Gasteiger partial charge in [-0.05, 0) is 45.8 Å². The average molecular weight is 375 g/mol. The van der Waals surface area contributed by atoms with E-state index >= 15 is 0 Å². The summed E-state index contributed by atoms with van der Waals surface area (Å²) in [6.45, 7) is 2.92. The van der Waals surface area contributed by atoms with E-state index in [9.17, 15) is 0 Å². The fraction of sp³-hybridized carbons (Fsp3) is 0.188. The molecule has 6 nitrogen and oxygen atoms in total. The van der Waals surface area contributed by atoms with Gasteiger partial charge in [0.05, 0.1) is 11.1 Å². The van der Waals surface area contributed by atoms with Crippen LogP contribution in [-0.4, -0.2) is 27.2 Å². The summed E-state index contributed by atoms with van der Waals surface area (Å²) in [4.78, 5) is 0. The van der Waals surface area contributed by atoms with Gasteiger partial charge in [0.25, 0.3) is 0 Å². The van der Waals surface area contributed by atoms with Gasteiger partial charge in [-0.2, -0.15) is 5.21 Å². The van der Waals surface area contributed by atoms with Crippen molar-refractivity contribution < 1.29 is 9.47 Å². The highest BCUT2D eigenvalue weighted by molar-refractivity contribution is 9.10. The number of H-pyrrole nitrogens is 1. The first kappa shape index (κ1) is 15.5. The lowest BCUT2D eigenvalue weighted by Crippen LogP contribution is -2.01. The maximum Gasteiger partial charge on any atom is 0.204 e. The molecule has 0 saturated heterocycles. The molecule has 23 heavy (non-hydrogen) atoms. The van der Waals surface area contributed by atoms with Crippen LogP contribution in [0.3, 0.4) is 0 Å². The van der Waals surface area contributed by atoms with Crippen molar-refractivity contribution in [1.82, 2.24) is 20.6 Å². The summed E-state index contributed by atoms with van der Waals surface area (Å²) in [5, 5.41) is 14.0. The van der Waals surface area contributed by atoms with Crippen LogP contribution in [0.15, 0.2) is 46.9 Å². The molecule has 1 heterocycles. The van der Waals surface area contributed by atoms with Gasteiger partial charge in [0.15, 0.2) is 11.5 Å². The highest BCUT2D eigenvalue weighted by atomic mass is 79.9. The van der Waals surface area contributed by atoms with E-state index in [1.54, 1.807) is 0 Å². The summed E-state index contributed by atoms with van der Waals surface area (Å²) < 4.78 is 12.4. The van der Waals surface area contributed by atoms with E-state index in [0.29, 0.717) is 30.5 Å². The molecule has 3 aromatic rings. The molecular weight excluding hydrogens is 360 g/mol. The molecule has 0 atom stereocenters. The Hall–Kier alpha value is -2.41. The van der Waals surface area contributed by atoms with Crippen molar-refractivity contribution in [1.29, 1.82) is 0 Å². The Morgan fingerprint density at radius 3 is 2.65 bits per heavy atom. The van der Waals surface area contributed by atoms with Crippen molar-refractivity contribution >= 4 is 15.9 Å². The highest BCUT2D eigenvalue weighted by Crippen LogP contribution is 2.39. The molecule has 0 aliphatic rings. The van der Waals surface area contributed by atoms with E-state index in [4.69, 9.17) is 9.47 Å². The van der Waals surface area contributed by atoms with Crippen LogP contribution in [-0.2, 0) is 6.61 Å². The van der Waals surface area contributed by atoms with Crippen molar-refractivity contribution in [2.75, 3.05) is 6.61 Å². The molecular formula is C16H15BrN4O2. The van der Waals surface area contributed by atoms with E-state index in [2.05, 4.69) is 36.6 Å². The fourth-order valence-corrected chi connectivity index (χ4v) is 2.67. The van der Waals surface area contributed by atoms with Gasteiger partial charge in [0.1, 0.15) is 6.61 Å². The highest BCUT2D eigenvalue weighted by Gasteiger charge is 2.15. The third-order valence-electron chi connectivity index (χ3n) is 3.14. The SMILES string of the molecule is CCOc1cc(-c2nn[nH]n2)cc(Br)c1OCc1ccccc1. The number of rotatable bonds is 6. The van der Waals surface area contributed by atoms with E-state index in [1.807, 2.05) is 49.4 Å². The van der Waals surface area contributed by atoms with Crippen molar-refractivity contribution in [3.05, 3.63) is 52.5 Å². The van der Waals surface area contributed by atoms with Gasteiger partial charge in [0.2, 0.25) is 5.82 Å². The first-order valence-corrected chi connectivity index (χ1v) is 7.94. The third-order valence-corrected chi connectivity index (χ3v) is 3.73. The normalized spacial score (nSPS) is 10.5. The molecule has 2 aromatic carbocycles. The van der Waals surface area contributed by atoms with Crippen LogP contribution in [0.4, 0.5) is 0 Å². The number of nitrogens with zero attached hydrogens (tertiary/aromatic N) is 3. The smallest absolute Gasteiger partial charge is 0.204 e. The van der Waals surface area contributed by atoms with Crippen molar-refractivity contribution in [2.45, 2.75) is 13.5 Å². The number of tetrazole rings is 1. The summed E-state index contributed by atoms with van der Waals surface area (Å²) in [6.07, 6.45) is 0. The van der Waals surface area contributed by atoms with Crippen LogP contribution in [0.5, 0.6) is 11.5 Å². The third kappa shape index (κ3) is 3.68. The van der Waals surface area contributed by atoms with E-state index in [-0.39, 0.29) is 0 Å². The fourth-order valence-electron chi connectivity index (χ4n) is 2.11. The Kier molecular flexibility index (Phi) is 4.87. The van der Waals surface area contributed by atoms with Crippen LogP contribution < -0.4 is 9.47 Å². The molecule has 0 aliphatic heterocycles. The molecule has 0 spiro atoms. The van der Waals surface area contributed by atoms with Crippen molar-refractivity contribution in [3.63, 3.8) is 0 Å². The molecule has 0 saturated carbocycles. The summed E-state index contributed by atoms with van der Waals surface area (Å²) in [5.41, 5.74) is 1.88. The largest absolute Gasteiger partial charge is 0.490 e. The van der Waals surface area contributed by atoms with Crippen LogP contribution in [0.1, 0.15) is 12.5 Å². The summed E-state index contributed by atoms with van der Waals surface area (Å²) in [6, 6.07) is 13.7. The van der Waals surface area contributed by atoms with Gasteiger partial charge in [-0.3, -0.25) is 0 Å². The first-order chi connectivity index (χ1) is 11.3. The lowest BCUT2D eigenvalue weighted by molar-refractivity contribution is 0.268. The molecule has 3 rings (SSSR count). The second-order valence-corrected chi connectivity index (χ2v) is 5.58. The lowest BCUT2D eigenvalue weighted by Gasteiger charge is -2.14. The Labute approximate surface area is 142 Å². The van der Waals surface area contributed by atoms with Crippen molar-refractivity contribution in [3.8, 4) is 22.9 Å². The molecule has 0 bridgehead atoms. The van der Waals surface area contributed by atoms with Crippen LogP contribution in [0.2, 0.25) is 0 Å². The molecule has 1 N–H and O–H groups in total. The molecule has 0 amide bonds. The molecule has 0 fully saturated rings. The number of halogens is 1. The van der Waals surface area contributed by atoms with Crippen LogP contribution >= 0.6 is 15.9 Å². The van der Waals surface area contributed by atoms with Gasteiger partial charge in [0, 0.05) is 5.56 Å². The number of ether oxygens (including phenoxy) is 2. The van der Waals surface area contributed by atoms with E-state index in [1.165, 1.54) is 0 Å². The maximum absolute atomic E-state index is 5.94. The van der Waals surface area contributed by atoms with Gasteiger partial charge in [-0.1, -0.05) is 30.3 Å². The van der Waals surface area contributed by atoms with E-state index in [0.717, 1.165) is 15.6 Å². The van der Waals surface area contributed by atoms with Gasteiger partial charge < -0.3 is 9.47 Å². The summed E-state index contributed by atoms with van der Waals surface area (Å²) in [5.74, 6) is 1.79. The number of nitrogens with one attached hydrogen (secondary N) is 1. The minimum atomic E-state index is 0.459. The number of hydrogen-bond donors (Lipinski definition) is 1. The zero-order chi connectivity index (χ0) is 16.1. The molecule has 0 aliphatic carbocycles. The van der Waals surface area contributed by atoms with Crippen LogP contribution in [0, 0.1) is 0 Å². The predicted octanol–water partition coefficient (Wildman–Crippen LogP) is 3.61. The predicted molar refractivity (Wildman–Crippen MR) is 89.3 cm³/mol. The summed E-state index contributed by atoms with van der Waals surface area (Å²) >= 11 is 3.54. The second-order valence-electron chi connectivity index (χ2n) is 4.73. The zero-order valence-corrected chi connectivity index (χ0v) is 14.1. The van der Waals surface area contributed by atoms with Gasteiger partial charge >= 0.3 is 0 Å². The Morgan fingerprint density at radius 2 is 1.96 bits per heavy atom. The molecule has 0 radical (unpaired) electrons. The standard InChI is InChI=1S/C16H15BrN4O2/c1-2-22-14-9-12(16-18-20-21-19-16)8-13(17)15(14)23-10-11-6-4-3-5-7-11/h3-9H,2,10H2,1H3,(H,18,19,20,21). The van der Waals surface area contributed by atoms with Gasteiger partial charge in [-0.25, -0.2) is 0 Å². The monoisotopic (exact) mass is 374 g/mol. The maximum atomic E-state index is 5.94. The Bertz CT molecular complexity index is 763. The number of aromatic amines is 1. The van der Waals surface area contributed by atoms with Crippen molar-refractivity contribution in [2.24, 2.45) is 0 Å². The quantitative estimate of drug-likeness (QED) is 0.713. The minimum Gasteiger partial charge on any atom is -0.490 e. The molecule has 118 valence electrons. The Balaban J connectivity index is 1.89. The van der Waals surface area contributed by atoms with E-state index < -0.39 is 0 Å². The van der Waals surface area contributed by atoms with Gasteiger partial charge in [-0.15, -0.1) is 10.2 Å². The first-order valence-electron chi connectivity index (χ1n) is 7.15. The lowest BCUT2D eigenvalue weighted by atomic mass is 10.2. The minimum absolute atomic E-state index is 0.459.